The van der Waals surface area contributed by atoms with Crippen molar-refractivity contribution in [1.29, 1.82) is 0 Å². The van der Waals surface area contributed by atoms with Gasteiger partial charge in [0, 0.05) is 22.9 Å². The number of hydrogen-bond acceptors (Lipinski definition) is 3. The first-order valence-corrected chi connectivity index (χ1v) is 9.96. The second-order valence-electron chi connectivity index (χ2n) is 6.69. The molecule has 134 valence electrons. The van der Waals surface area contributed by atoms with Crippen LogP contribution in [0.1, 0.15) is 24.0 Å². The number of halogens is 1. The van der Waals surface area contributed by atoms with E-state index in [2.05, 4.69) is 5.32 Å². The molecular weight excluding hydrogens is 368 g/mol. The second-order valence-corrected chi connectivity index (χ2v) is 8.40. The number of aryl methyl sites for hydroxylation is 1. The molecule has 2 saturated heterocycles. The molecule has 0 bridgehead atoms. The molecule has 0 radical (unpaired) electrons. The summed E-state index contributed by atoms with van der Waals surface area (Å²) in [6.07, 6.45) is 1.21. The average Bonchev–Trinajstić information content (AvgIpc) is 3.18. The molecule has 2 aromatic carbocycles. The van der Waals surface area contributed by atoms with Crippen LogP contribution in [0.3, 0.4) is 0 Å². The molecule has 6 heteroatoms. The van der Waals surface area contributed by atoms with Gasteiger partial charge in [0.15, 0.2) is 0 Å². The number of thioether (sulfide) groups is 1. The third-order valence-electron chi connectivity index (χ3n) is 5.09. The van der Waals surface area contributed by atoms with Gasteiger partial charge in [-0.25, -0.2) is 0 Å². The second kappa shape index (κ2) is 6.63. The van der Waals surface area contributed by atoms with Gasteiger partial charge in [-0.05, 0) is 36.6 Å². The lowest BCUT2D eigenvalue weighted by atomic mass is 10.0. The van der Waals surface area contributed by atoms with Crippen molar-refractivity contribution < 1.29 is 9.59 Å². The first-order chi connectivity index (χ1) is 12.5. The van der Waals surface area contributed by atoms with Crippen LogP contribution in [-0.4, -0.2) is 28.5 Å². The molecule has 4 rings (SSSR count). The predicted octanol–water partition coefficient (Wildman–Crippen LogP) is 4.18. The standard InChI is InChI=1S/C20H19ClN2O2S/c1-13-7-8-15(11-16(13)21)22-19(25)17-12-26-20(10-9-18(24)23(17)20)14-5-3-2-4-6-14/h2-8,11,17H,9-10,12H2,1H3,(H,22,25)/t17-,20+/m1/s1. The quantitative estimate of drug-likeness (QED) is 0.860. The number of fused-ring (bicyclic) bond motifs is 1. The van der Waals surface area contributed by atoms with E-state index in [1.54, 1.807) is 22.7 Å². The molecule has 2 heterocycles. The summed E-state index contributed by atoms with van der Waals surface area (Å²) in [4.78, 5) is 26.9. The minimum atomic E-state index is -0.477. The minimum Gasteiger partial charge on any atom is -0.324 e. The molecule has 2 aliphatic heterocycles. The van der Waals surface area contributed by atoms with Crippen molar-refractivity contribution in [3.8, 4) is 0 Å². The smallest absolute Gasteiger partial charge is 0.248 e. The van der Waals surface area contributed by atoms with Crippen LogP contribution in [0.25, 0.3) is 0 Å². The van der Waals surface area contributed by atoms with Crippen molar-refractivity contribution in [2.45, 2.75) is 30.7 Å². The molecule has 2 aromatic rings. The normalized spacial score (nSPS) is 24.6. The van der Waals surface area contributed by atoms with Crippen molar-refractivity contribution in [1.82, 2.24) is 4.90 Å². The molecule has 2 aliphatic rings. The number of carbonyl (C=O) groups is 2. The summed E-state index contributed by atoms with van der Waals surface area (Å²) in [5, 5.41) is 3.53. The van der Waals surface area contributed by atoms with E-state index >= 15 is 0 Å². The number of amides is 2. The Morgan fingerprint density at radius 3 is 2.77 bits per heavy atom. The lowest BCUT2D eigenvalue weighted by molar-refractivity contribution is -0.136. The van der Waals surface area contributed by atoms with Crippen molar-refractivity contribution in [2.24, 2.45) is 0 Å². The molecule has 0 saturated carbocycles. The lowest BCUT2D eigenvalue weighted by Gasteiger charge is -2.34. The van der Waals surface area contributed by atoms with Gasteiger partial charge in [0.1, 0.15) is 10.9 Å². The van der Waals surface area contributed by atoms with E-state index in [0.29, 0.717) is 22.9 Å². The van der Waals surface area contributed by atoms with Crippen LogP contribution in [0.15, 0.2) is 48.5 Å². The van der Waals surface area contributed by atoms with Crippen LogP contribution >= 0.6 is 23.4 Å². The van der Waals surface area contributed by atoms with Crippen LogP contribution in [0.5, 0.6) is 0 Å². The van der Waals surface area contributed by atoms with Crippen molar-refractivity contribution >= 4 is 40.9 Å². The van der Waals surface area contributed by atoms with Crippen LogP contribution in [-0.2, 0) is 14.5 Å². The summed E-state index contributed by atoms with van der Waals surface area (Å²) in [6.45, 7) is 1.92. The summed E-state index contributed by atoms with van der Waals surface area (Å²) in [5.41, 5.74) is 2.70. The van der Waals surface area contributed by atoms with Crippen molar-refractivity contribution in [3.63, 3.8) is 0 Å². The molecular formula is C20H19ClN2O2S. The van der Waals surface area contributed by atoms with Gasteiger partial charge in [-0.2, -0.15) is 0 Å². The summed E-state index contributed by atoms with van der Waals surface area (Å²) in [5.74, 6) is 0.470. The van der Waals surface area contributed by atoms with Gasteiger partial charge in [0.05, 0.1) is 0 Å². The van der Waals surface area contributed by atoms with E-state index in [9.17, 15) is 9.59 Å². The van der Waals surface area contributed by atoms with E-state index in [1.807, 2.05) is 49.4 Å². The number of nitrogens with zero attached hydrogens (tertiary/aromatic N) is 1. The molecule has 26 heavy (non-hydrogen) atoms. The molecule has 0 aliphatic carbocycles. The van der Waals surface area contributed by atoms with Gasteiger partial charge in [0.25, 0.3) is 0 Å². The van der Waals surface area contributed by atoms with Gasteiger partial charge >= 0.3 is 0 Å². The number of hydrogen-bond donors (Lipinski definition) is 1. The number of rotatable bonds is 3. The third-order valence-corrected chi connectivity index (χ3v) is 7.10. The number of carbonyl (C=O) groups excluding carboxylic acids is 2. The zero-order valence-electron chi connectivity index (χ0n) is 14.4. The van der Waals surface area contributed by atoms with Crippen LogP contribution < -0.4 is 5.32 Å². The monoisotopic (exact) mass is 386 g/mol. The van der Waals surface area contributed by atoms with Crippen LogP contribution in [0, 0.1) is 6.92 Å². The number of benzene rings is 2. The maximum atomic E-state index is 12.9. The van der Waals surface area contributed by atoms with Gasteiger partial charge in [-0.1, -0.05) is 48.0 Å². The van der Waals surface area contributed by atoms with E-state index in [-0.39, 0.29) is 11.8 Å². The third kappa shape index (κ3) is 2.79. The summed E-state index contributed by atoms with van der Waals surface area (Å²) < 4.78 is 0. The minimum absolute atomic E-state index is 0.0425. The largest absolute Gasteiger partial charge is 0.324 e. The molecule has 0 spiro atoms. The van der Waals surface area contributed by atoms with E-state index < -0.39 is 10.9 Å². The summed E-state index contributed by atoms with van der Waals surface area (Å²) >= 11 is 7.84. The van der Waals surface area contributed by atoms with Gasteiger partial charge in [-0.15, -0.1) is 11.8 Å². The average molecular weight is 387 g/mol. The zero-order valence-corrected chi connectivity index (χ0v) is 15.9. The van der Waals surface area contributed by atoms with Gasteiger partial charge in [-0.3, -0.25) is 9.59 Å². The Balaban J connectivity index is 1.60. The SMILES string of the molecule is Cc1ccc(NC(=O)[C@H]2CS[C@]3(c4ccccc4)CCC(=O)N23)cc1Cl. The first-order valence-electron chi connectivity index (χ1n) is 8.60. The zero-order chi connectivity index (χ0) is 18.3. The van der Waals surface area contributed by atoms with E-state index in [0.717, 1.165) is 17.5 Å². The summed E-state index contributed by atoms with van der Waals surface area (Å²) in [7, 11) is 0. The Bertz CT molecular complexity index is 873. The molecule has 0 unspecified atom stereocenters. The lowest BCUT2D eigenvalue weighted by Crippen LogP contribution is -2.48. The topological polar surface area (TPSA) is 49.4 Å². The maximum absolute atomic E-state index is 12.9. The first kappa shape index (κ1) is 17.4. The highest BCUT2D eigenvalue weighted by atomic mass is 35.5. The molecule has 2 atom stereocenters. The molecule has 0 aromatic heterocycles. The van der Waals surface area contributed by atoms with Gasteiger partial charge < -0.3 is 10.2 Å². The van der Waals surface area contributed by atoms with Crippen molar-refractivity contribution in [2.75, 3.05) is 11.1 Å². The Morgan fingerprint density at radius 2 is 2.04 bits per heavy atom. The predicted molar refractivity (Wildman–Crippen MR) is 105 cm³/mol. The Morgan fingerprint density at radius 1 is 1.27 bits per heavy atom. The molecule has 2 amide bonds. The number of anilines is 1. The highest BCUT2D eigenvalue weighted by Gasteiger charge is 2.56. The maximum Gasteiger partial charge on any atom is 0.248 e. The van der Waals surface area contributed by atoms with Crippen LogP contribution in [0.4, 0.5) is 5.69 Å². The summed E-state index contributed by atoms with van der Waals surface area (Å²) in [6, 6.07) is 15.0. The van der Waals surface area contributed by atoms with E-state index in [4.69, 9.17) is 11.6 Å². The fourth-order valence-corrected chi connectivity index (χ4v) is 5.56. The molecule has 2 fully saturated rings. The highest BCUT2D eigenvalue weighted by molar-refractivity contribution is 8.00. The number of nitrogens with one attached hydrogen (secondary N) is 1. The fraction of sp³-hybridized carbons (Fsp3) is 0.300. The Kier molecular flexibility index (Phi) is 4.45. The highest BCUT2D eigenvalue weighted by Crippen LogP contribution is 2.54. The Hall–Kier alpha value is -1.98. The Labute approximate surface area is 161 Å². The molecule has 1 N–H and O–H groups in total. The molecule has 4 nitrogen and oxygen atoms in total. The van der Waals surface area contributed by atoms with E-state index in [1.165, 1.54) is 0 Å². The fourth-order valence-electron chi connectivity index (χ4n) is 3.73. The van der Waals surface area contributed by atoms with Crippen molar-refractivity contribution in [3.05, 3.63) is 64.7 Å². The van der Waals surface area contributed by atoms with Gasteiger partial charge in [0.2, 0.25) is 11.8 Å². The van der Waals surface area contributed by atoms with Crippen LogP contribution in [0.2, 0.25) is 5.02 Å².